The van der Waals surface area contributed by atoms with E-state index in [1.54, 1.807) is 0 Å². The van der Waals surface area contributed by atoms with Crippen molar-refractivity contribution in [3.05, 3.63) is 29.6 Å². The van der Waals surface area contributed by atoms with Gasteiger partial charge in [-0.1, -0.05) is 20.8 Å². The minimum Gasteiger partial charge on any atom is -0.496 e. The highest BCUT2D eigenvalue weighted by Gasteiger charge is 2.23. The maximum Gasteiger partial charge on any atom is 0.326 e. The maximum absolute atomic E-state index is 13.3. The normalized spacial score (nSPS) is 12.6. The summed E-state index contributed by atoms with van der Waals surface area (Å²) in [7, 11) is 1.43. The monoisotopic (exact) mass is 325 g/mol. The molecule has 1 aromatic rings. The molecule has 0 saturated heterocycles. The summed E-state index contributed by atoms with van der Waals surface area (Å²) in [4.78, 5) is 23.4. The second kappa shape index (κ2) is 7.94. The molecule has 23 heavy (non-hydrogen) atoms. The van der Waals surface area contributed by atoms with Gasteiger partial charge in [-0.3, -0.25) is 4.79 Å². The topological polar surface area (TPSA) is 75.6 Å². The fourth-order valence-corrected chi connectivity index (χ4v) is 2.14. The molecule has 0 saturated carbocycles. The van der Waals surface area contributed by atoms with Crippen LogP contribution in [0.15, 0.2) is 18.2 Å². The molecule has 0 aliphatic carbocycles. The lowest BCUT2D eigenvalue weighted by Gasteiger charge is -2.21. The highest BCUT2D eigenvalue weighted by Crippen LogP contribution is 2.22. The number of carboxylic acid groups (broad SMARTS) is 1. The zero-order valence-corrected chi connectivity index (χ0v) is 14.0. The van der Waals surface area contributed by atoms with E-state index in [-0.39, 0.29) is 11.8 Å². The van der Waals surface area contributed by atoms with Gasteiger partial charge in [0.15, 0.2) is 0 Å². The van der Waals surface area contributed by atoms with Crippen LogP contribution in [0.1, 0.15) is 39.2 Å². The zero-order valence-electron chi connectivity index (χ0n) is 14.0. The van der Waals surface area contributed by atoms with Crippen molar-refractivity contribution in [1.29, 1.82) is 0 Å². The van der Waals surface area contributed by atoms with E-state index in [0.717, 1.165) is 0 Å². The summed E-state index contributed by atoms with van der Waals surface area (Å²) in [5, 5.41) is 11.7. The molecule has 1 aromatic carbocycles. The Balaban J connectivity index is 2.73. The number of aliphatic carboxylic acids is 1. The predicted octanol–water partition coefficient (Wildman–Crippen LogP) is 2.77. The molecule has 1 atom stereocenters. The average Bonchev–Trinajstić information content (AvgIpc) is 2.42. The second-order valence-electron chi connectivity index (χ2n) is 6.69. The van der Waals surface area contributed by atoms with Gasteiger partial charge in [-0.05, 0) is 36.5 Å². The molecule has 0 aliphatic heterocycles. The van der Waals surface area contributed by atoms with Crippen molar-refractivity contribution in [3.63, 3.8) is 0 Å². The summed E-state index contributed by atoms with van der Waals surface area (Å²) >= 11 is 0. The summed E-state index contributed by atoms with van der Waals surface area (Å²) in [6.07, 6.45) is 0.860. The molecule has 0 aliphatic rings. The van der Waals surface area contributed by atoms with Crippen LogP contribution in [0, 0.1) is 11.2 Å². The molecule has 2 N–H and O–H groups in total. The lowest BCUT2D eigenvalue weighted by atomic mass is 9.88. The highest BCUT2D eigenvalue weighted by atomic mass is 19.1. The van der Waals surface area contributed by atoms with E-state index >= 15 is 0 Å². The summed E-state index contributed by atoms with van der Waals surface area (Å²) in [6, 6.07) is 2.93. The Bertz CT molecular complexity index is 566. The summed E-state index contributed by atoms with van der Waals surface area (Å²) in [5.74, 6) is -1.64. The molecule has 5 nitrogen and oxygen atoms in total. The van der Waals surface area contributed by atoms with Crippen molar-refractivity contribution in [2.75, 3.05) is 7.11 Å². The van der Waals surface area contributed by atoms with E-state index in [1.165, 1.54) is 25.3 Å². The first-order valence-electron chi connectivity index (χ1n) is 7.47. The molecule has 0 spiro atoms. The standard InChI is InChI=1S/C17H24FNO4/c1-17(2,3)8-7-13(16(21)22)19-15(20)10-11-9-12(18)5-6-14(11)23-4/h5-6,9,13H,7-8,10H2,1-4H3,(H,19,20)(H,21,22). The van der Waals surface area contributed by atoms with E-state index in [9.17, 15) is 19.1 Å². The number of carbonyl (C=O) groups excluding carboxylic acids is 1. The van der Waals surface area contributed by atoms with Crippen molar-refractivity contribution in [3.8, 4) is 5.75 Å². The molecule has 1 unspecified atom stereocenters. The number of hydrogen-bond acceptors (Lipinski definition) is 3. The van der Waals surface area contributed by atoms with Crippen LogP contribution in [-0.2, 0) is 16.0 Å². The van der Waals surface area contributed by atoms with E-state index in [1.807, 2.05) is 20.8 Å². The number of ether oxygens (including phenoxy) is 1. The van der Waals surface area contributed by atoms with Gasteiger partial charge >= 0.3 is 5.97 Å². The summed E-state index contributed by atoms with van der Waals surface area (Å²) in [5.41, 5.74) is 0.356. The lowest BCUT2D eigenvalue weighted by molar-refractivity contribution is -0.142. The number of carboxylic acids is 1. The third-order valence-corrected chi connectivity index (χ3v) is 3.41. The van der Waals surface area contributed by atoms with Crippen molar-refractivity contribution in [2.24, 2.45) is 5.41 Å². The first kappa shape index (κ1) is 18.9. The van der Waals surface area contributed by atoms with Gasteiger partial charge in [0, 0.05) is 5.56 Å². The van der Waals surface area contributed by atoms with Crippen molar-refractivity contribution < 1.29 is 23.8 Å². The van der Waals surface area contributed by atoms with Crippen LogP contribution in [0.4, 0.5) is 4.39 Å². The number of halogens is 1. The molecule has 128 valence electrons. The minimum absolute atomic E-state index is 0.0236. The zero-order chi connectivity index (χ0) is 17.6. The molecule has 6 heteroatoms. The van der Waals surface area contributed by atoms with Crippen molar-refractivity contribution >= 4 is 11.9 Å². The number of nitrogens with one attached hydrogen (secondary N) is 1. The van der Waals surface area contributed by atoms with Crippen LogP contribution in [-0.4, -0.2) is 30.1 Å². The summed E-state index contributed by atoms with van der Waals surface area (Å²) in [6.45, 7) is 6.02. The fraction of sp³-hybridized carbons (Fsp3) is 0.529. The molecule has 0 aromatic heterocycles. The van der Waals surface area contributed by atoms with Crippen LogP contribution < -0.4 is 10.1 Å². The van der Waals surface area contributed by atoms with Gasteiger partial charge in [-0.25, -0.2) is 9.18 Å². The van der Waals surface area contributed by atoms with Gasteiger partial charge in [0.25, 0.3) is 0 Å². The van der Waals surface area contributed by atoms with E-state index < -0.39 is 23.7 Å². The third-order valence-electron chi connectivity index (χ3n) is 3.41. The van der Waals surface area contributed by atoms with Crippen LogP contribution >= 0.6 is 0 Å². The Kier molecular flexibility index (Phi) is 6.54. The van der Waals surface area contributed by atoms with Crippen LogP contribution in [0.25, 0.3) is 0 Å². The Morgan fingerprint density at radius 3 is 2.52 bits per heavy atom. The highest BCUT2D eigenvalue weighted by molar-refractivity contribution is 5.85. The quantitative estimate of drug-likeness (QED) is 0.808. The Hall–Kier alpha value is -2.11. The SMILES string of the molecule is COc1ccc(F)cc1CC(=O)NC(CCC(C)(C)C)C(=O)O. The first-order valence-corrected chi connectivity index (χ1v) is 7.47. The van der Waals surface area contributed by atoms with Gasteiger partial charge < -0.3 is 15.2 Å². The number of amides is 1. The minimum atomic E-state index is -1.08. The number of benzene rings is 1. The number of hydrogen-bond donors (Lipinski definition) is 2. The predicted molar refractivity (Wildman–Crippen MR) is 84.9 cm³/mol. The van der Waals surface area contributed by atoms with E-state index in [4.69, 9.17) is 4.74 Å². The third kappa shape index (κ3) is 6.67. The van der Waals surface area contributed by atoms with Gasteiger partial charge in [0.2, 0.25) is 5.91 Å². The first-order chi connectivity index (χ1) is 10.6. The van der Waals surface area contributed by atoms with Crippen molar-refractivity contribution in [2.45, 2.75) is 46.1 Å². The molecule has 0 heterocycles. The molecular weight excluding hydrogens is 301 g/mol. The number of rotatable bonds is 7. The lowest BCUT2D eigenvalue weighted by Crippen LogP contribution is -2.42. The fourth-order valence-electron chi connectivity index (χ4n) is 2.14. The molecule has 1 rings (SSSR count). The Morgan fingerprint density at radius 2 is 2.00 bits per heavy atom. The number of carbonyl (C=O) groups is 2. The van der Waals surface area contributed by atoms with Gasteiger partial charge in [-0.15, -0.1) is 0 Å². The largest absolute Gasteiger partial charge is 0.496 e. The summed E-state index contributed by atoms with van der Waals surface area (Å²) < 4.78 is 18.4. The number of methoxy groups -OCH3 is 1. The van der Waals surface area contributed by atoms with Crippen molar-refractivity contribution in [1.82, 2.24) is 5.32 Å². The molecular formula is C17H24FNO4. The van der Waals surface area contributed by atoms with Gasteiger partial charge in [-0.2, -0.15) is 0 Å². The molecule has 0 radical (unpaired) electrons. The molecule has 0 fully saturated rings. The van der Waals surface area contributed by atoms with E-state index in [0.29, 0.717) is 24.2 Å². The Labute approximate surface area is 135 Å². The van der Waals surface area contributed by atoms with Crippen LogP contribution in [0.2, 0.25) is 0 Å². The maximum atomic E-state index is 13.3. The van der Waals surface area contributed by atoms with E-state index in [2.05, 4.69) is 5.32 Å². The van der Waals surface area contributed by atoms with Gasteiger partial charge in [0.05, 0.1) is 13.5 Å². The second-order valence-corrected chi connectivity index (χ2v) is 6.69. The van der Waals surface area contributed by atoms with Crippen LogP contribution in [0.5, 0.6) is 5.75 Å². The average molecular weight is 325 g/mol. The smallest absolute Gasteiger partial charge is 0.326 e. The van der Waals surface area contributed by atoms with Gasteiger partial charge in [0.1, 0.15) is 17.6 Å². The molecule has 1 amide bonds. The Morgan fingerprint density at radius 1 is 1.35 bits per heavy atom. The van der Waals surface area contributed by atoms with Crippen LogP contribution in [0.3, 0.4) is 0 Å². The molecule has 0 bridgehead atoms.